The Morgan fingerprint density at radius 1 is 1.00 bits per heavy atom. The lowest BCUT2D eigenvalue weighted by Crippen LogP contribution is -3.11. The van der Waals surface area contributed by atoms with Crippen LogP contribution in [0.2, 0.25) is 0 Å². The molecule has 0 aliphatic rings. The fourth-order valence-corrected chi connectivity index (χ4v) is 2.86. The highest BCUT2D eigenvalue weighted by Crippen LogP contribution is 2.18. The van der Waals surface area contributed by atoms with E-state index in [1.165, 1.54) is 0 Å². The predicted molar refractivity (Wildman–Crippen MR) is 105 cm³/mol. The average Bonchev–Trinajstić information content (AvgIpc) is 2.62. The lowest BCUT2D eigenvalue weighted by Gasteiger charge is -2.14. The van der Waals surface area contributed by atoms with E-state index in [0.29, 0.717) is 5.69 Å². The largest absolute Gasteiger partial charge is 0.497 e. The second-order valence-corrected chi connectivity index (χ2v) is 6.75. The Balaban J connectivity index is 1.79. The number of quaternary nitrogens is 1. The number of carbonyl (C=O) groups excluding carboxylic acids is 2. The van der Waals surface area contributed by atoms with Gasteiger partial charge < -0.3 is 20.3 Å². The highest BCUT2D eigenvalue weighted by molar-refractivity contribution is 7.98. The molecule has 0 heterocycles. The van der Waals surface area contributed by atoms with E-state index in [-0.39, 0.29) is 24.9 Å². The predicted octanol–water partition coefficient (Wildman–Crippen LogP) is 1.51. The Morgan fingerprint density at radius 2 is 1.62 bits per heavy atom. The van der Waals surface area contributed by atoms with Crippen molar-refractivity contribution in [2.24, 2.45) is 0 Å². The maximum atomic E-state index is 12.1. The minimum atomic E-state index is -0.148. The van der Waals surface area contributed by atoms with Crippen molar-refractivity contribution in [3.63, 3.8) is 0 Å². The summed E-state index contributed by atoms with van der Waals surface area (Å²) in [7, 11) is 3.40. The number of hydrogen-bond donors (Lipinski definition) is 3. The fraction of sp³-hybridized carbons (Fsp3) is 0.263. The second-order valence-electron chi connectivity index (χ2n) is 5.87. The molecule has 2 amide bonds. The van der Waals surface area contributed by atoms with Crippen molar-refractivity contribution in [3.05, 3.63) is 48.5 Å². The van der Waals surface area contributed by atoms with E-state index in [2.05, 4.69) is 10.6 Å². The molecule has 0 aliphatic carbocycles. The summed E-state index contributed by atoms with van der Waals surface area (Å²) >= 11 is 1.62. The molecule has 1 unspecified atom stereocenters. The van der Waals surface area contributed by atoms with Gasteiger partial charge in [0.2, 0.25) is 0 Å². The molecule has 26 heavy (non-hydrogen) atoms. The van der Waals surface area contributed by atoms with Gasteiger partial charge in [0.15, 0.2) is 13.1 Å². The van der Waals surface area contributed by atoms with Crippen LogP contribution in [0.4, 0.5) is 11.4 Å². The van der Waals surface area contributed by atoms with E-state index in [1.54, 1.807) is 43.1 Å². The van der Waals surface area contributed by atoms with Gasteiger partial charge in [-0.15, -0.1) is 11.8 Å². The maximum absolute atomic E-state index is 12.1. The summed E-state index contributed by atoms with van der Waals surface area (Å²) in [5, 5.41) is 5.68. The highest BCUT2D eigenvalue weighted by Gasteiger charge is 2.14. The van der Waals surface area contributed by atoms with Crippen LogP contribution in [0.5, 0.6) is 5.75 Å². The molecule has 0 saturated carbocycles. The molecule has 0 spiro atoms. The van der Waals surface area contributed by atoms with Crippen molar-refractivity contribution in [1.82, 2.24) is 0 Å². The smallest absolute Gasteiger partial charge is 0.279 e. The molecule has 1 atom stereocenters. The van der Waals surface area contributed by atoms with Gasteiger partial charge in [0.25, 0.3) is 11.8 Å². The number of nitrogens with one attached hydrogen (secondary N) is 3. The number of ether oxygens (including phenoxy) is 1. The third-order valence-corrected chi connectivity index (χ3v) is 4.38. The van der Waals surface area contributed by atoms with Crippen molar-refractivity contribution >= 4 is 35.0 Å². The van der Waals surface area contributed by atoms with Crippen LogP contribution in [-0.4, -0.2) is 45.3 Å². The summed E-state index contributed by atoms with van der Waals surface area (Å²) in [5.41, 5.74) is 1.46. The first-order chi connectivity index (χ1) is 12.5. The Kier molecular flexibility index (Phi) is 7.50. The van der Waals surface area contributed by atoms with Crippen LogP contribution in [0.1, 0.15) is 0 Å². The molecule has 0 aliphatic heterocycles. The highest BCUT2D eigenvalue weighted by atomic mass is 32.2. The minimum absolute atomic E-state index is 0.127. The topological polar surface area (TPSA) is 71.9 Å². The number of hydrogen-bond acceptors (Lipinski definition) is 4. The number of thioether (sulfide) groups is 1. The molecule has 7 heteroatoms. The van der Waals surface area contributed by atoms with Gasteiger partial charge in [0.05, 0.1) is 14.2 Å². The third-order valence-electron chi connectivity index (χ3n) is 3.65. The fourth-order valence-electron chi connectivity index (χ4n) is 2.40. The lowest BCUT2D eigenvalue weighted by molar-refractivity contribution is -0.862. The van der Waals surface area contributed by atoms with Crippen LogP contribution in [0.15, 0.2) is 53.4 Å². The van der Waals surface area contributed by atoms with E-state index < -0.39 is 0 Å². The Morgan fingerprint density at radius 3 is 2.19 bits per heavy atom. The first kappa shape index (κ1) is 19.8. The zero-order valence-corrected chi connectivity index (χ0v) is 16.0. The van der Waals surface area contributed by atoms with Crippen molar-refractivity contribution in [3.8, 4) is 5.75 Å². The molecule has 2 aromatic carbocycles. The number of amides is 2. The van der Waals surface area contributed by atoms with Crippen molar-refractivity contribution in [2.45, 2.75) is 4.90 Å². The van der Waals surface area contributed by atoms with Crippen molar-refractivity contribution in [2.75, 3.05) is 44.1 Å². The van der Waals surface area contributed by atoms with E-state index in [4.69, 9.17) is 4.74 Å². The lowest BCUT2D eigenvalue weighted by atomic mass is 10.3. The Hall–Kier alpha value is -2.51. The van der Waals surface area contributed by atoms with Gasteiger partial charge in [0.1, 0.15) is 5.75 Å². The number of methoxy groups -OCH3 is 1. The monoisotopic (exact) mass is 374 g/mol. The van der Waals surface area contributed by atoms with Crippen molar-refractivity contribution < 1.29 is 19.2 Å². The molecule has 0 aromatic heterocycles. The van der Waals surface area contributed by atoms with Crippen LogP contribution in [0.3, 0.4) is 0 Å². The van der Waals surface area contributed by atoms with E-state index >= 15 is 0 Å². The number of rotatable bonds is 8. The van der Waals surface area contributed by atoms with Crippen LogP contribution in [0, 0.1) is 0 Å². The molecular formula is C19H24N3O3S+. The molecule has 0 radical (unpaired) electrons. The zero-order chi connectivity index (χ0) is 18.9. The standard InChI is InChI=1S/C19H23N3O3S/c1-22(12-18(23)20-14-7-9-16(25-2)10-8-14)13-19(24)21-15-5-4-6-17(11-15)26-3/h4-11H,12-13H2,1-3H3,(H,20,23)(H,21,24)/p+1. The Bertz CT molecular complexity index is 750. The van der Waals surface area contributed by atoms with Crippen LogP contribution >= 0.6 is 11.8 Å². The first-order valence-corrected chi connectivity index (χ1v) is 9.41. The second kappa shape index (κ2) is 9.84. The number of anilines is 2. The van der Waals surface area contributed by atoms with Crippen LogP contribution in [-0.2, 0) is 9.59 Å². The number of likely N-dealkylation sites (N-methyl/N-ethyl adjacent to an activating group) is 1. The molecule has 0 fully saturated rings. The SMILES string of the molecule is COc1ccc(NC(=O)C[NH+](C)CC(=O)Nc2cccc(SC)c2)cc1. The summed E-state index contributed by atoms with van der Waals surface area (Å²) in [4.78, 5) is 26.1. The van der Waals surface area contributed by atoms with Gasteiger partial charge in [0, 0.05) is 16.3 Å². The summed E-state index contributed by atoms with van der Waals surface area (Å²) < 4.78 is 5.08. The van der Waals surface area contributed by atoms with Crippen LogP contribution in [0.25, 0.3) is 0 Å². The molecule has 0 saturated heterocycles. The van der Waals surface area contributed by atoms with E-state index in [0.717, 1.165) is 21.2 Å². The first-order valence-electron chi connectivity index (χ1n) is 8.19. The van der Waals surface area contributed by atoms with Gasteiger partial charge in [-0.2, -0.15) is 0 Å². The average molecular weight is 374 g/mol. The number of benzene rings is 2. The molecular weight excluding hydrogens is 350 g/mol. The quantitative estimate of drug-likeness (QED) is 0.613. The summed E-state index contributed by atoms with van der Waals surface area (Å²) in [6.45, 7) is 0.407. The normalized spacial score (nSPS) is 11.5. The zero-order valence-electron chi connectivity index (χ0n) is 15.2. The van der Waals surface area contributed by atoms with Gasteiger partial charge in [-0.25, -0.2) is 0 Å². The molecule has 138 valence electrons. The molecule has 0 bridgehead atoms. The summed E-state index contributed by atoms with van der Waals surface area (Å²) in [6, 6.07) is 14.8. The molecule has 2 aromatic rings. The van der Waals surface area contributed by atoms with Crippen LogP contribution < -0.4 is 20.3 Å². The molecule has 6 nitrogen and oxygen atoms in total. The third kappa shape index (κ3) is 6.42. The summed E-state index contributed by atoms with van der Waals surface area (Å²) in [6.07, 6.45) is 1.99. The van der Waals surface area contributed by atoms with Gasteiger partial charge in [-0.05, 0) is 48.7 Å². The van der Waals surface area contributed by atoms with Crippen molar-refractivity contribution in [1.29, 1.82) is 0 Å². The molecule has 2 rings (SSSR count). The minimum Gasteiger partial charge on any atom is -0.497 e. The Labute approximate surface area is 157 Å². The number of carbonyl (C=O) groups is 2. The maximum Gasteiger partial charge on any atom is 0.279 e. The summed E-state index contributed by atoms with van der Waals surface area (Å²) in [5.74, 6) is 0.454. The van der Waals surface area contributed by atoms with Gasteiger partial charge >= 0.3 is 0 Å². The van der Waals surface area contributed by atoms with E-state index in [9.17, 15) is 9.59 Å². The van der Waals surface area contributed by atoms with Gasteiger partial charge in [-0.3, -0.25) is 9.59 Å². The van der Waals surface area contributed by atoms with E-state index in [1.807, 2.05) is 37.6 Å². The van der Waals surface area contributed by atoms with Gasteiger partial charge in [-0.1, -0.05) is 6.07 Å². The molecule has 3 N–H and O–H groups in total.